The minimum absolute atomic E-state index is 0.240. The number of carbonyl (C=O) groups is 1. The highest BCUT2D eigenvalue weighted by Crippen LogP contribution is 2.35. The second-order valence-corrected chi connectivity index (χ2v) is 10.6. The number of amidine groups is 1. The molecular weight excluding hydrogens is 646 g/mol. The smallest absolute Gasteiger partial charge is 0.264 e. The third kappa shape index (κ3) is 5.88. The summed E-state index contributed by atoms with van der Waals surface area (Å²) in [5.74, 6) is 0.436. The van der Waals surface area contributed by atoms with E-state index in [4.69, 9.17) is 27.9 Å². The molecule has 9 heteroatoms. The van der Waals surface area contributed by atoms with Gasteiger partial charge >= 0.3 is 0 Å². The number of nitrogens with zero attached hydrogens (tertiary/aromatic N) is 1. The molecule has 1 heterocycles. The Balaban J connectivity index is 1.57. The third-order valence-electron chi connectivity index (χ3n) is 4.37. The first-order valence-electron chi connectivity index (χ1n) is 9.29. The minimum Gasteiger partial charge on any atom is -0.488 e. The standard InChI is InChI=1S/C23H14BrCl2IN2O2S/c24-15-6-9-19(31-12-13-4-7-16(27)8-5-13)14(10-15)11-20-22(30)29-23(32-20)28-18-3-1-2-17(25)21(18)26/h1-11H,12H2,(H,28,29,30)/b20-11+. The number of aliphatic imine (C=N–C) groups is 1. The van der Waals surface area contributed by atoms with E-state index >= 15 is 0 Å². The zero-order valence-corrected chi connectivity index (χ0v) is 22.3. The van der Waals surface area contributed by atoms with Gasteiger partial charge in [0.2, 0.25) is 0 Å². The molecule has 0 saturated carbocycles. The molecule has 3 aromatic rings. The topological polar surface area (TPSA) is 50.7 Å². The molecular formula is C23H14BrCl2IN2O2S. The number of amides is 1. The number of nitrogens with one attached hydrogen (secondary N) is 1. The molecule has 1 aliphatic heterocycles. The molecule has 0 aromatic heterocycles. The first-order valence-corrected chi connectivity index (χ1v) is 12.7. The van der Waals surface area contributed by atoms with Crippen molar-refractivity contribution in [3.8, 4) is 5.75 Å². The summed E-state index contributed by atoms with van der Waals surface area (Å²) in [4.78, 5) is 17.5. The Morgan fingerprint density at radius 3 is 2.69 bits per heavy atom. The molecule has 0 bridgehead atoms. The second kappa shape index (κ2) is 10.6. The number of benzene rings is 3. The molecule has 0 aliphatic carbocycles. The average Bonchev–Trinajstić information content (AvgIpc) is 3.11. The van der Waals surface area contributed by atoms with Crippen LogP contribution in [0.25, 0.3) is 6.08 Å². The SMILES string of the molecule is O=C1NC(=Nc2cccc(Cl)c2Cl)S/C1=C/c1cc(Br)ccc1OCc1ccc(I)cc1. The van der Waals surface area contributed by atoms with E-state index in [0.29, 0.717) is 38.2 Å². The Morgan fingerprint density at radius 2 is 1.91 bits per heavy atom. The van der Waals surface area contributed by atoms with Gasteiger partial charge in [-0.05, 0) is 88.5 Å². The normalized spacial score (nSPS) is 15.9. The monoisotopic (exact) mass is 658 g/mol. The summed E-state index contributed by atoms with van der Waals surface area (Å²) < 4.78 is 8.09. The maximum atomic E-state index is 12.5. The highest BCUT2D eigenvalue weighted by molar-refractivity contribution is 14.1. The maximum Gasteiger partial charge on any atom is 0.264 e. The van der Waals surface area contributed by atoms with E-state index < -0.39 is 0 Å². The van der Waals surface area contributed by atoms with Crippen molar-refractivity contribution >= 4 is 96.3 Å². The maximum absolute atomic E-state index is 12.5. The number of hydrogen-bond acceptors (Lipinski definition) is 4. The van der Waals surface area contributed by atoms with Crippen molar-refractivity contribution in [2.45, 2.75) is 6.61 Å². The van der Waals surface area contributed by atoms with Crippen LogP contribution in [0.5, 0.6) is 5.75 Å². The number of ether oxygens (including phenoxy) is 1. The Morgan fingerprint density at radius 1 is 1.12 bits per heavy atom. The first-order chi connectivity index (χ1) is 15.4. The fourth-order valence-corrected chi connectivity index (χ4v) is 4.72. The molecule has 32 heavy (non-hydrogen) atoms. The molecule has 162 valence electrons. The lowest BCUT2D eigenvalue weighted by Gasteiger charge is -2.10. The Hall–Kier alpha value is -1.52. The Labute approximate surface area is 221 Å². The number of halogens is 4. The summed E-state index contributed by atoms with van der Waals surface area (Å²) in [6.07, 6.45) is 1.79. The van der Waals surface area contributed by atoms with Gasteiger partial charge in [-0.1, -0.05) is 57.3 Å². The zero-order chi connectivity index (χ0) is 22.7. The minimum atomic E-state index is -0.240. The van der Waals surface area contributed by atoms with Crippen molar-refractivity contribution < 1.29 is 9.53 Å². The molecule has 1 saturated heterocycles. The average molecular weight is 660 g/mol. The van der Waals surface area contributed by atoms with E-state index in [1.54, 1.807) is 24.3 Å². The van der Waals surface area contributed by atoms with Crippen LogP contribution >= 0.6 is 73.5 Å². The van der Waals surface area contributed by atoms with E-state index in [1.807, 2.05) is 42.5 Å². The van der Waals surface area contributed by atoms with E-state index in [9.17, 15) is 4.79 Å². The molecule has 4 rings (SSSR count). The van der Waals surface area contributed by atoms with Gasteiger partial charge in [0.05, 0.1) is 20.6 Å². The lowest BCUT2D eigenvalue weighted by atomic mass is 10.2. The number of hydrogen-bond donors (Lipinski definition) is 1. The molecule has 0 unspecified atom stereocenters. The molecule has 3 aromatic carbocycles. The molecule has 1 fully saturated rings. The van der Waals surface area contributed by atoms with Gasteiger partial charge in [0.1, 0.15) is 12.4 Å². The van der Waals surface area contributed by atoms with E-state index in [0.717, 1.165) is 15.6 Å². The largest absolute Gasteiger partial charge is 0.488 e. The summed E-state index contributed by atoms with van der Waals surface area (Å²) in [5, 5.41) is 3.94. The van der Waals surface area contributed by atoms with E-state index in [-0.39, 0.29) is 5.91 Å². The summed E-state index contributed by atoms with van der Waals surface area (Å²) in [6, 6.07) is 19.0. The Bertz CT molecular complexity index is 1250. The van der Waals surface area contributed by atoms with Crippen molar-refractivity contribution in [1.82, 2.24) is 5.32 Å². The lowest BCUT2D eigenvalue weighted by Crippen LogP contribution is -2.19. The van der Waals surface area contributed by atoms with Gasteiger partial charge in [0, 0.05) is 13.6 Å². The van der Waals surface area contributed by atoms with Crippen LogP contribution in [0.3, 0.4) is 0 Å². The molecule has 1 aliphatic rings. The van der Waals surface area contributed by atoms with Gasteiger partial charge in [0.15, 0.2) is 5.17 Å². The fraction of sp³-hybridized carbons (Fsp3) is 0.0435. The van der Waals surface area contributed by atoms with E-state index in [1.165, 1.54) is 15.3 Å². The molecule has 1 amide bonds. The van der Waals surface area contributed by atoms with Crippen LogP contribution in [0.15, 0.2) is 75.0 Å². The van der Waals surface area contributed by atoms with Gasteiger partial charge in [-0.3, -0.25) is 4.79 Å². The van der Waals surface area contributed by atoms with Crippen LogP contribution in [-0.2, 0) is 11.4 Å². The van der Waals surface area contributed by atoms with Crippen molar-refractivity contribution in [1.29, 1.82) is 0 Å². The third-order valence-corrected chi connectivity index (χ3v) is 7.30. The molecule has 0 radical (unpaired) electrons. The molecule has 0 spiro atoms. The van der Waals surface area contributed by atoms with Crippen LogP contribution in [0.2, 0.25) is 10.0 Å². The highest BCUT2D eigenvalue weighted by Gasteiger charge is 2.25. The molecule has 4 nitrogen and oxygen atoms in total. The lowest BCUT2D eigenvalue weighted by molar-refractivity contribution is -0.115. The van der Waals surface area contributed by atoms with Crippen LogP contribution in [0.1, 0.15) is 11.1 Å². The van der Waals surface area contributed by atoms with Crippen LogP contribution in [0.4, 0.5) is 5.69 Å². The first kappa shape index (κ1) is 23.6. The predicted molar refractivity (Wildman–Crippen MR) is 145 cm³/mol. The van der Waals surface area contributed by atoms with Crippen molar-refractivity contribution in [2.75, 3.05) is 0 Å². The number of rotatable bonds is 5. The number of carbonyl (C=O) groups excluding carboxylic acids is 1. The number of thioether (sulfide) groups is 1. The predicted octanol–water partition coefficient (Wildman–Crippen LogP) is 7.83. The van der Waals surface area contributed by atoms with Crippen LogP contribution < -0.4 is 10.1 Å². The van der Waals surface area contributed by atoms with Crippen molar-refractivity contribution in [2.24, 2.45) is 4.99 Å². The van der Waals surface area contributed by atoms with Gasteiger partial charge in [-0.2, -0.15) is 0 Å². The van der Waals surface area contributed by atoms with Gasteiger partial charge in [-0.25, -0.2) is 4.99 Å². The quantitative estimate of drug-likeness (QED) is 0.224. The van der Waals surface area contributed by atoms with Gasteiger partial charge in [-0.15, -0.1) is 0 Å². The summed E-state index contributed by atoms with van der Waals surface area (Å²) >= 11 is 19.3. The van der Waals surface area contributed by atoms with Crippen molar-refractivity contribution in [3.63, 3.8) is 0 Å². The zero-order valence-electron chi connectivity index (χ0n) is 16.2. The summed E-state index contributed by atoms with van der Waals surface area (Å²) in [7, 11) is 0. The molecule has 0 atom stereocenters. The van der Waals surface area contributed by atoms with Crippen molar-refractivity contribution in [3.05, 3.63) is 94.8 Å². The van der Waals surface area contributed by atoms with E-state index in [2.05, 4.69) is 48.8 Å². The van der Waals surface area contributed by atoms with Gasteiger partial charge < -0.3 is 10.1 Å². The summed E-state index contributed by atoms with van der Waals surface area (Å²) in [6.45, 7) is 0.425. The fourth-order valence-electron chi connectivity index (χ4n) is 2.82. The van der Waals surface area contributed by atoms with Crippen LogP contribution in [-0.4, -0.2) is 11.1 Å². The second-order valence-electron chi connectivity index (χ2n) is 6.65. The highest BCUT2D eigenvalue weighted by atomic mass is 127. The van der Waals surface area contributed by atoms with Crippen LogP contribution in [0, 0.1) is 3.57 Å². The van der Waals surface area contributed by atoms with Gasteiger partial charge in [0.25, 0.3) is 5.91 Å². The summed E-state index contributed by atoms with van der Waals surface area (Å²) in [5.41, 5.74) is 2.34. The Kier molecular flexibility index (Phi) is 7.83. The molecule has 1 N–H and O–H groups in total.